The lowest BCUT2D eigenvalue weighted by molar-refractivity contribution is 0.102. The molecule has 0 unspecified atom stereocenters. The van der Waals surface area contributed by atoms with Gasteiger partial charge in [-0.25, -0.2) is 4.98 Å². The average Bonchev–Trinajstić information content (AvgIpc) is 2.69. The molecule has 0 aliphatic heterocycles. The lowest BCUT2D eigenvalue weighted by Crippen LogP contribution is -2.14. The Morgan fingerprint density at radius 3 is 2.41 bits per heavy atom. The maximum Gasteiger partial charge on any atom is 0.255 e. The van der Waals surface area contributed by atoms with E-state index in [1.54, 1.807) is 6.07 Å². The minimum atomic E-state index is -0.142. The zero-order valence-electron chi connectivity index (χ0n) is 17.2. The maximum atomic E-state index is 12.5. The van der Waals surface area contributed by atoms with E-state index in [0.29, 0.717) is 17.3 Å². The van der Waals surface area contributed by atoms with Gasteiger partial charge in [0.25, 0.3) is 5.91 Å². The van der Waals surface area contributed by atoms with E-state index in [9.17, 15) is 4.79 Å². The second kappa shape index (κ2) is 9.05. The van der Waals surface area contributed by atoms with Crippen molar-refractivity contribution < 1.29 is 4.79 Å². The smallest absolute Gasteiger partial charge is 0.255 e. The number of rotatable bonds is 7. The fourth-order valence-corrected chi connectivity index (χ4v) is 2.78. The first-order valence-electron chi connectivity index (χ1n) is 9.50. The van der Waals surface area contributed by atoms with Gasteiger partial charge in [-0.1, -0.05) is 6.07 Å². The first-order valence-corrected chi connectivity index (χ1v) is 9.50. The van der Waals surface area contributed by atoms with E-state index in [0.717, 1.165) is 29.3 Å². The molecular formula is C22H26N6O. The van der Waals surface area contributed by atoms with Gasteiger partial charge in [-0.05, 0) is 56.3 Å². The maximum absolute atomic E-state index is 12.5. The van der Waals surface area contributed by atoms with Crippen molar-refractivity contribution in [2.24, 2.45) is 0 Å². The predicted molar refractivity (Wildman–Crippen MR) is 119 cm³/mol. The Morgan fingerprint density at radius 2 is 1.72 bits per heavy atom. The lowest BCUT2D eigenvalue weighted by atomic mass is 10.1. The van der Waals surface area contributed by atoms with E-state index in [2.05, 4.69) is 25.9 Å². The third kappa shape index (κ3) is 5.44. The average molecular weight is 390 g/mol. The van der Waals surface area contributed by atoms with Crippen LogP contribution >= 0.6 is 0 Å². The van der Waals surface area contributed by atoms with Crippen molar-refractivity contribution in [1.82, 2.24) is 9.97 Å². The zero-order chi connectivity index (χ0) is 20.8. The molecule has 0 aliphatic rings. The van der Waals surface area contributed by atoms with Gasteiger partial charge in [0, 0.05) is 55.0 Å². The number of nitrogens with one attached hydrogen (secondary N) is 3. The first kappa shape index (κ1) is 20.1. The van der Waals surface area contributed by atoms with Crippen LogP contribution in [-0.2, 0) is 0 Å². The van der Waals surface area contributed by atoms with Gasteiger partial charge >= 0.3 is 0 Å². The molecule has 0 fully saturated rings. The molecule has 0 saturated heterocycles. The lowest BCUT2D eigenvalue weighted by Gasteiger charge is -2.13. The van der Waals surface area contributed by atoms with Gasteiger partial charge in [-0.2, -0.15) is 4.98 Å². The van der Waals surface area contributed by atoms with E-state index in [4.69, 9.17) is 0 Å². The Morgan fingerprint density at radius 1 is 1.00 bits per heavy atom. The molecule has 0 radical (unpaired) electrons. The zero-order valence-corrected chi connectivity index (χ0v) is 17.2. The molecule has 0 bridgehead atoms. The summed E-state index contributed by atoms with van der Waals surface area (Å²) >= 11 is 0. The molecule has 0 spiro atoms. The van der Waals surface area contributed by atoms with Gasteiger partial charge < -0.3 is 20.9 Å². The Kier molecular flexibility index (Phi) is 6.29. The Bertz CT molecular complexity index is 985. The standard InChI is InChI=1S/C22H26N6O/c1-5-23-22-24-15(2)13-20(27-22)25-17-9-11-18(12-10-17)26-21(29)16-7-6-8-19(14-16)28(3)4/h6-14H,5H2,1-4H3,(H,26,29)(H2,23,24,25,27). The monoisotopic (exact) mass is 390 g/mol. The Labute approximate surface area is 171 Å². The molecule has 29 heavy (non-hydrogen) atoms. The van der Waals surface area contributed by atoms with E-state index in [1.165, 1.54) is 0 Å². The van der Waals surface area contributed by atoms with Crippen molar-refractivity contribution in [2.45, 2.75) is 13.8 Å². The van der Waals surface area contributed by atoms with E-state index >= 15 is 0 Å². The number of nitrogens with zero attached hydrogens (tertiary/aromatic N) is 3. The van der Waals surface area contributed by atoms with E-state index in [-0.39, 0.29) is 5.91 Å². The minimum Gasteiger partial charge on any atom is -0.378 e. The summed E-state index contributed by atoms with van der Waals surface area (Å²) in [7, 11) is 3.90. The molecule has 1 amide bonds. The topological polar surface area (TPSA) is 82.2 Å². The highest BCUT2D eigenvalue weighted by Gasteiger charge is 2.08. The number of amides is 1. The van der Waals surface area contributed by atoms with Crippen molar-refractivity contribution in [2.75, 3.05) is 41.5 Å². The number of benzene rings is 2. The van der Waals surface area contributed by atoms with Crippen molar-refractivity contribution in [3.05, 3.63) is 65.9 Å². The van der Waals surface area contributed by atoms with Crippen molar-refractivity contribution >= 4 is 34.7 Å². The molecule has 0 atom stereocenters. The summed E-state index contributed by atoms with van der Waals surface area (Å²) in [5, 5.41) is 9.31. The molecule has 150 valence electrons. The van der Waals surface area contributed by atoms with Gasteiger partial charge in [0.2, 0.25) is 5.95 Å². The SMILES string of the molecule is CCNc1nc(C)cc(Nc2ccc(NC(=O)c3cccc(N(C)C)c3)cc2)n1. The number of hydrogen-bond acceptors (Lipinski definition) is 6. The molecule has 3 aromatic rings. The van der Waals surface area contributed by atoms with Gasteiger partial charge in [-0.3, -0.25) is 4.79 Å². The van der Waals surface area contributed by atoms with Gasteiger partial charge in [0.05, 0.1) is 0 Å². The predicted octanol–water partition coefficient (Wildman–Crippen LogP) is 4.28. The van der Waals surface area contributed by atoms with Crippen LogP contribution < -0.4 is 20.9 Å². The highest BCUT2D eigenvalue weighted by atomic mass is 16.1. The molecule has 1 heterocycles. The molecular weight excluding hydrogens is 364 g/mol. The summed E-state index contributed by atoms with van der Waals surface area (Å²) in [5.74, 6) is 1.17. The molecule has 7 heteroatoms. The third-order valence-electron chi connectivity index (χ3n) is 4.23. The highest BCUT2D eigenvalue weighted by molar-refractivity contribution is 6.04. The van der Waals surface area contributed by atoms with Crippen LogP contribution in [0.15, 0.2) is 54.6 Å². The third-order valence-corrected chi connectivity index (χ3v) is 4.23. The molecule has 3 N–H and O–H groups in total. The Hall–Kier alpha value is -3.61. The van der Waals surface area contributed by atoms with Crippen LogP contribution in [0.3, 0.4) is 0 Å². The van der Waals surface area contributed by atoms with Crippen molar-refractivity contribution in [1.29, 1.82) is 0 Å². The van der Waals surface area contributed by atoms with Crippen molar-refractivity contribution in [3.63, 3.8) is 0 Å². The Balaban J connectivity index is 1.67. The van der Waals surface area contributed by atoms with Gasteiger partial charge in [-0.15, -0.1) is 0 Å². The largest absolute Gasteiger partial charge is 0.378 e. The first-order chi connectivity index (χ1) is 13.9. The summed E-state index contributed by atoms with van der Waals surface area (Å²) < 4.78 is 0. The van der Waals surface area contributed by atoms with Gasteiger partial charge in [0.15, 0.2) is 0 Å². The quantitative estimate of drug-likeness (QED) is 0.559. The fourth-order valence-electron chi connectivity index (χ4n) is 2.78. The number of aryl methyl sites for hydroxylation is 1. The number of carbonyl (C=O) groups excluding carboxylic acids is 1. The molecule has 0 saturated carbocycles. The van der Waals surface area contributed by atoms with Crippen LogP contribution in [0, 0.1) is 6.92 Å². The number of anilines is 5. The highest BCUT2D eigenvalue weighted by Crippen LogP contribution is 2.20. The second-order valence-corrected chi connectivity index (χ2v) is 6.85. The summed E-state index contributed by atoms with van der Waals surface area (Å²) in [6.45, 7) is 4.69. The second-order valence-electron chi connectivity index (χ2n) is 6.85. The van der Waals surface area contributed by atoms with Crippen molar-refractivity contribution in [3.8, 4) is 0 Å². The van der Waals surface area contributed by atoms with Crippen LogP contribution in [-0.4, -0.2) is 36.5 Å². The van der Waals surface area contributed by atoms with E-state index in [1.807, 2.05) is 81.4 Å². The normalized spacial score (nSPS) is 10.3. The van der Waals surface area contributed by atoms with Gasteiger partial charge in [0.1, 0.15) is 5.82 Å². The molecule has 2 aromatic carbocycles. The summed E-state index contributed by atoms with van der Waals surface area (Å²) in [5.41, 5.74) is 4.07. The van der Waals surface area contributed by atoms with Crippen LogP contribution in [0.2, 0.25) is 0 Å². The van der Waals surface area contributed by atoms with Crippen LogP contribution in [0.1, 0.15) is 23.0 Å². The van der Waals surface area contributed by atoms with Crippen LogP contribution in [0.4, 0.5) is 28.8 Å². The molecule has 1 aromatic heterocycles. The molecule has 3 rings (SSSR count). The number of hydrogen-bond donors (Lipinski definition) is 3. The summed E-state index contributed by atoms with van der Waals surface area (Å²) in [4.78, 5) is 23.3. The number of carbonyl (C=O) groups is 1. The van der Waals surface area contributed by atoms with E-state index < -0.39 is 0 Å². The molecule has 7 nitrogen and oxygen atoms in total. The van der Waals surface area contributed by atoms with Crippen LogP contribution in [0.5, 0.6) is 0 Å². The summed E-state index contributed by atoms with van der Waals surface area (Å²) in [6.07, 6.45) is 0. The molecule has 0 aliphatic carbocycles. The summed E-state index contributed by atoms with van der Waals surface area (Å²) in [6, 6.07) is 16.9. The number of aromatic nitrogens is 2. The fraction of sp³-hybridized carbons (Fsp3) is 0.227. The van der Waals surface area contributed by atoms with Crippen LogP contribution in [0.25, 0.3) is 0 Å². The minimum absolute atomic E-state index is 0.142.